The van der Waals surface area contributed by atoms with Crippen LogP contribution < -0.4 is 0 Å². The fraction of sp³-hybridized carbons (Fsp3) is 0.714. The number of carbonyl (C=O) groups is 1. The molecular formula is C7H11NO2S. The lowest BCUT2D eigenvalue weighted by atomic mass is 10.3. The van der Waals surface area contributed by atoms with E-state index in [4.69, 9.17) is 17.0 Å². The number of thiocarbonyl (C=S) groups is 1. The largest absolute Gasteiger partial charge is 0.378 e. The fourth-order valence-corrected chi connectivity index (χ4v) is 1.17. The summed E-state index contributed by atoms with van der Waals surface area (Å²) in [7, 11) is 0. The molecule has 0 atom stereocenters. The molecule has 1 aliphatic rings. The Bertz CT molecular complexity index is 175. The molecule has 0 aliphatic carbocycles. The molecule has 11 heavy (non-hydrogen) atoms. The molecule has 1 aliphatic heterocycles. The van der Waals surface area contributed by atoms with Gasteiger partial charge in [-0.2, -0.15) is 0 Å². The second-order valence-electron chi connectivity index (χ2n) is 2.46. The molecule has 0 bridgehead atoms. The molecule has 0 spiro atoms. The van der Waals surface area contributed by atoms with Crippen molar-refractivity contribution in [2.24, 2.45) is 0 Å². The van der Waals surface area contributed by atoms with Crippen LogP contribution in [-0.2, 0) is 9.53 Å². The molecule has 1 rings (SSSR count). The van der Waals surface area contributed by atoms with Crippen LogP contribution in [0.25, 0.3) is 0 Å². The summed E-state index contributed by atoms with van der Waals surface area (Å²) in [6, 6.07) is 0. The topological polar surface area (TPSA) is 29.5 Å². The van der Waals surface area contributed by atoms with Crippen molar-refractivity contribution in [3.05, 3.63) is 0 Å². The van der Waals surface area contributed by atoms with Gasteiger partial charge in [-0.3, -0.25) is 4.79 Å². The van der Waals surface area contributed by atoms with Crippen molar-refractivity contribution in [2.75, 3.05) is 26.3 Å². The van der Waals surface area contributed by atoms with Crippen LogP contribution in [0.4, 0.5) is 0 Å². The molecule has 3 nitrogen and oxygen atoms in total. The van der Waals surface area contributed by atoms with E-state index in [0.717, 1.165) is 13.1 Å². The van der Waals surface area contributed by atoms with Crippen molar-refractivity contribution < 1.29 is 9.53 Å². The lowest BCUT2D eigenvalue weighted by Gasteiger charge is -2.27. The number of nitrogens with zero attached hydrogens (tertiary/aromatic N) is 1. The highest BCUT2D eigenvalue weighted by atomic mass is 32.1. The van der Waals surface area contributed by atoms with Gasteiger partial charge in [-0.25, -0.2) is 0 Å². The van der Waals surface area contributed by atoms with Crippen LogP contribution in [0.5, 0.6) is 0 Å². The Hall–Kier alpha value is -0.480. The second-order valence-corrected chi connectivity index (χ2v) is 2.85. The summed E-state index contributed by atoms with van der Waals surface area (Å²) in [5.74, 6) is -0.0260. The summed E-state index contributed by atoms with van der Waals surface area (Å²) in [6.45, 7) is 4.34. The highest BCUT2D eigenvalue weighted by Crippen LogP contribution is 1.99. The van der Waals surface area contributed by atoms with E-state index in [1.165, 1.54) is 6.92 Å². The van der Waals surface area contributed by atoms with Crippen LogP contribution in [0.2, 0.25) is 0 Å². The summed E-state index contributed by atoms with van der Waals surface area (Å²) in [6.07, 6.45) is 0. The predicted molar refractivity (Wildman–Crippen MR) is 45.7 cm³/mol. The number of carbonyl (C=O) groups excluding carboxylic acids is 1. The van der Waals surface area contributed by atoms with Gasteiger partial charge in [0.2, 0.25) is 0 Å². The van der Waals surface area contributed by atoms with E-state index in [0.29, 0.717) is 18.2 Å². The Morgan fingerprint density at radius 3 is 2.45 bits per heavy atom. The molecule has 1 saturated heterocycles. The van der Waals surface area contributed by atoms with Crippen molar-refractivity contribution >= 4 is 23.0 Å². The number of ketones is 1. The maximum Gasteiger partial charge on any atom is 0.186 e. The average Bonchev–Trinajstić information content (AvgIpc) is 2.05. The van der Waals surface area contributed by atoms with Crippen LogP contribution in [0, 0.1) is 0 Å². The molecule has 0 aromatic heterocycles. The normalized spacial score (nSPS) is 18.1. The predicted octanol–water partition coefficient (Wildman–Crippen LogP) is 0.235. The number of rotatable bonds is 1. The van der Waals surface area contributed by atoms with Gasteiger partial charge in [0, 0.05) is 20.0 Å². The molecule has 0 unspecified atom stereocenters. The standard InChI is InChI=1S/C7H11NO2S/c1-6(9)7(11)8-2-4-10-5-3-8/h2-5H2,1H3. The summed E-state index contributed by atoms with van der Waals surface area (Å²) >= 11 is 4.92. The van der Waals surface area contributed by atoms with Gasteiger partial charge in [-0.05, 0) is 0 Å². The molecule has 62 valence electrons. The van der Waals surface area contributed by atoms with Gasteiger partial charge in [0.1, 0.15) is 4.99 Å². The average molecular weight is 173 g/mol. The van der Waals surface area contributed by atoms with Crippen molar-refractivity contribution in [3.8, 4) is 0 Å². The SMILES string of the molecule is CC(=O)C(=S)N1CCOCC1. The first-order valence-corrected chi connectivity index (χ1v) is 4.00. The molecule has 0 aromatic rings. The zero-order valence-corrected chi connectivity index (χ0v) is 7.32. The maximum atomic E-state index is 10.8. The molecule has 0 saturated carbocycles. The lowest BCUT2D eigenvalue weighted by molar-refractivity contribution is -0.111. The molecule has 1 fully saturated rings. The first kappa shape index (κ1) is 8.62. The number of hydrogen-bond acceptors (Lipinski definition) is 3. The van der Waals surface area contributed by atoms with E-state index in [9.17, 15) is 4.79 Å². The summed E-state index contributed by atoms with van der Waals surface area (Å²) < 4.78 is 5.12. The maximum absolute atomic E-state index is 10.8. The minimum Gasteiger partial charge on any atom is -0.378 e. The molecule has 0 aromatic carbocycles. The molecule has 0 N–H and O–H groups in total. The second kappa shape index (κ2) is 3.78. The van der Waals surface area contributed by atoms with Gasteiger partial charge in [-0.15, -0.1) is 0 Å². The van der Waals surface area contributed by atoms with Crippen LogP contribution in [0.15, 0.2) is 0 Å². The van der Waals surface area contributed by atoms with Gasteiger partial charge in [0.15, 0.2) is 5.78 Å². The third kappa shape index (κ3) is 2.24. The van der Waals surface area contributed by atoms with E-state index in [2.05, 4.69) is 0 Å². The van der Waals surface area contributed by atoms with E-state index >= 15 is 0 Å². The van der Waals surface area contributed by atoms with Crippen LogP contribution >= 0.6 is 12.2 Å². The van der Waals surface area contributed by atoms with E-state index < -0.39 is 0 Å². The highest BCUT2D eigenvalue weighted by Gasteiger charge is 2.15. The van der Waals surface area contributed by atoms with Gasteiger partial charge >= 0.3 is 0 Å². The molecule has 1 heterocycles. The number of Topliss-reactive ketones (excluding diaryl/α,β-unsaturated/α-hetero) is 1. The Balaban J connectivity index is 2.45. The minimum absolute atomic E-state index is 0.0260. The Morgan fingerprint density at radius 1 is 1.45 bits per heavy atom. The summed E-state index contributed by atoms with van der Waals surface area (Å²) in [5, 5.41) is 0. The quantitative estimate of drug-likeness (QED) is 0.531. The van der Waals surface area contributed by atoms with Crippen molar-refractivity contribution in [1.82, 2.24) is 4.90 Å². The smallest absolute Gasteiger partial charge is 0.186 e. The summed E-state index contributed by atoms with van der Waals surface area (Å²) in [5.41, 5.74) is 0. The molecule has 0 amide bonds. The van der Waals surface area contributed by atoms with Gasteiger partial charge in [-0.1, -0.05) is 12.2 Å². The van der Waals surface area contributed by atoms with Crippen molar-refractivity contribution in [3.63, 3.8) is 0 Å². The monoisotopic (exact) mass is 173 g/mol. The highest BCUT2D eigenvalue weighted by molar-refractivity contribution is 7.82. The number of hydrogen-bond donors (Lipinski definition) is 0. The van der Waals surface area contributed by atoms with Crippen LogP contribution in [0.1, 0.15) is 6.92 Å². The van der Waals surface area contributed by atoms with Gasteiger partial charge in [0.25, 0.3) is 0 Å². The van der Waals surface area contributed by atoms with Crippen LogP contribution in [0.3, 0.4) is 0 Å². The third-order valence-corrected chi connectivity index (χ3v) is 2.15. The van der Waals surface area contributed by atoms with Gasteiger partial charge in [0.05, 0.1) is 13.2 Å². The molecule has 0 radical (unpaired) electrons. The van der Waals surface area contributed by atoms with Crippen molar-refractivity contribution in [2.45, 2.75) is 6.92 Å². The molecular weight excluding hydrogens is 162 g/mol. The van der Waals surface area contributed by atoms with E-state index in [-0.39, 0.29) is 5.78 Å². The zero-order valence-electron chi connectivity index (χ0n) is 6.50. The Morgan fingerprint density at radius 2 is 2.00 bits per heavy atom. The lowest BCUT2D eigenvalue weighted by Crippen LogP contribution is -2.42. The Labute approximate surface area is 71.3 Å². The first-order chi connectivity index (χ1) is 5.22. The van der Waals surface area contributed by atoms with E-state index in [1.54, 1.807) is 0 Å². The third-order valence-electron chi connectivity index (χ3n) is 1.60. The van der Waals surface area contributed by atoms with Gasteiger partial charge < -0.3 is 9.64 Å². The molecule has 4 heteroatoms. The minimum atomic E-state index is -0.0260. The fourth-order valence-electron chi connectivity index (χ4n) is 0.989. The zero-order chi connectivity index (χ0) is 8.27. The first-order valence-electron chi connectivity index (χ1n) is 3.59. The van der Waals surface area contributed by atoms with Crippen molar-refractivity contribution in [1.29, 1.82) is 0 Å². The van der Waals surface area contributed by atoms with Crippen LogP contribution in [-0.4, -0.2) is 42.0 Å². The Kier molecular flexibility index (Phi) is 2.96. The number of ether oxygens (including phenoxy) is 1. The number of morpholine rings is 1. The summed E-state index contributed by atoms with van der Waals surface area (Å²) in [4.78, 5) is 13.1. The van der Waals surface area contributed by atoms with E-state index in [1.807, 2.05) is 4.90 Å².